The van der Waals surface area contributed by atoms with E-state index in [-0.39, 0.29) is 12.0 Å². The van der Waals surface area contributed by atoms with Crippen LogP contribution in [0.1, 0.15) is 34.1 Å². The first-order chi connectivity index (χ1) is 11.4. The van der Waals surface area contributed by atoms with Crippen molar-refractivity contribution < 1.29 is 19.4 Å². The molecule has 0 aliphatic heterocycles. The summed E-state index contributed by atoms with van der Waals surface area (Å²) in [5, 5.41) is 11.7. The number of carbonyl (C=O) groups is 2. The third kappa shape index (κ3) is 4.22. The summed E-state index contributed by atoms with van der Waals surface area (Å²) < 4.78 is 5.12. The van der Waals surface area contributed by atoms with Crippen molar-refractivity contribution in [1.82, 2.24) is 10.3 Å². The number of rotatable bonds is 6. The minimum atomic E-state index is -1.07. The summed E-state index contributed by atoms with van der Waals surface area (Å²) in [7, 11) is 1.50. The van der Waals surface area contributed by atoms with Crippen molar-refractivity contribution in [2.45, 2.75) is 19.4 Å². The van der Waals surface area contributed by atoms with E-state index in [2.05, 4.69) is 10.3 Å². The molecule has 3 N–H and O–H groups in total. The van der Waals surface area contributed by atoms with Crippen LogP contribution in [0.15, 0.2) is 41.2 Å². The van der Waals surface area contributed by atoms with Crippen LogP contribution in [0.2, 0.25) is 0 Å². The zero-order chi connectivity index (χ0) is 17.7. The number of carboxylic acids is 1. The molecule has 0 fully saturated rings. The molecule has 0 bridgehead atoms. The largest absolute Gasteiger partial charge is 0.497 e. The number of ether oxygens (including phenoxy) is 1. The van der Waals surface area contributed by atoms with Crippen LogP contribution < -0.4 is 15.6 Å². The van der Waals surface area contributed by atoms with Crippen LogP contribution in [0.3, 0.4) is 0 Å². The second kappa shape index (κ2) is 7.45. The minimum Gasteiger partial charge on any atom is -0.497 e. The van der Waals surface area contributed by atoms with Gasteiger partial charge >= 0.3 is 5.97 Å². The van der Waals surface area contributed by atoms with Crippen LogP contribution in [0.5, 0.6) is 5.75 Å². The molecule has 0 saturated carbocycles. The molecule has 0 radical (unpaired) electrons. The van der Waals surface area contributed by atoms with Crippen LogP contribution in [-0.2, 0) is 4.79 Å². The summed E-state index contributed by atoms with van der Waals surface area (Å²) in [5.41, 5.74) is 0.617. The number of hydrogen-bond acceptors (Lipinski definition) is 4. The van der Waals surface area contributed by atoms with E-state index in [0.29, 0.717) is 17.0 Å². The van der Waals surface area contributed by atoms with Gasteiger partial charge in [0.05, 0.1) is 19.6 Å². The maximum atomic E-state index is 12.3. The molecule has 0 saturated heterocycles. The highest BCUT2D eigenvalue weighted by Gasteiger charge is 2.21. The number of hydrogen-bond donors (Lipinski definition) is 3. The lowest BCUT2D eigenvalue weighted by atomic mass is 10.0. The molecule has 1 aromatic carbocycles. The summed E-state index contributed by atoms with van der Waals surface area (Å²) in [5.74, 6) is -1.16. The van der Waals surface area contributed by atoms with E-state index in [0.717, 1.165) is 0 Å². The monoisotopic (exact) mass is 330 g/mol. The van der Waals surface area contributed by atoms with Gasteiger partial charge in [-0.25, -0.2) is 0 Å². The van der Waals surface area contributed by atoms with Crippen molar-refractivity contribution in [1.29, 1.82) is 0 Å². The van der Waals surface area contributed by atoms with Crippen molar-refractivity contribution >= 4 is 11.9 Å². The van der Waals surface area contributed by atoms with Gasteiger partial charge in [0.25, 0.3) is 11.5 Å². The van der Waals surface area contributed by atoms with Gasteiger partial charge < -0.3 is 20.1 Å². The standard InChI is InChI=1S/C17H18N2O5/c1-10-6-7-13(16(22)18-10)17(23)19-14(9-15(20)21)11-4-3-5-12(8-11)24-2/h3-8,14H,9H2,1-2H3,(H,18,22)(H,19,23)(H,20,21). The topological polar surface area (TPSA) is 108 Å². The van der Waals surface area contributed by atoms with Gasteiger partial charge in [0.2, 0.25) is 0 Å². The van der Waals surface area contributed by atoms with Crippen molar-refractivity contribution in [3.8, 4) is 5.75 Å². The Balaban J connectivity index is 2.29. The number of aromatic amines is 1. The number of nitrogens with one attached hydrogen (secondary N) is 2. The Morgan fingerprint density at radius 2 is 2.04 bits per heavy atom. The third-order valence-corrected chi connectivity index (χ3v) is 3.48. The average molecular weight is 330 g/mol. The zero-order valence-corrected chi connectivity index (χ0v) is 13.3. The Morgan fingerprint density at radius 1 is 1.29 bits per heavy atom. The summed E-state index contributed by atoms with van der Waals surface area (Å²) in [6.45, 7) is 1.70. The number of amides is 1. The lowest BCUT2D eigenvalue weighted by Crippen LogP contribution is -2.34. The third-order valence-electron chi connectivity index (χ3n) is 3.48. The quantitative estimate of drug-likeness (QED) is 0.746. The molecule has 1 unspecified atom stereocenters. The van der Waals surface area contributed by atoms with Gasteiger partial charge in [0.1, 0.15) is 11.3 Å². The maximum absolute atomic E-state index is 12.3. The summed E-state index contributed by atoms with van der Waals surface area (Å²) in [6, 6.07) is 8.98. The van der Waals surface area contributed by atoms with E-state index >= 15 is 0 Å². The first kappa shape index (κ1) is 17.3. The van der Waals surface area contributed by atoms with Gasteiger partial charge in [-0.3, -0.25) is 14.4 Å². The summed E-state index contributed by atoms with van der Waals surface area (Å²) in [4.78, 5) is 37.9. The van der Waals surface area contributed by atoms with Crippen molar-refractivity contribution in [3.63, 3.8) is 0 Å². The Kier molecular flexibility index (Phi) is 5.36. The van der Waals surface area contributed by atoms with Crippen molar-refractivity contribution in [3.05, 3.63) is 63.6 Å². The smallest absolute Gasteiger partial charge is 0.305 e. The van der Waals surface area contributed by atoms with Crippen LogP contribution in [0.4, 0.5) is 0 Å². The SMILES string of the molecule is COc1cccc(C(CC(=O)O)NC(=O)c2ccc(C)[nH]c2=O)c1. The molecule has 1 aromatic heterocycles. The lowest BCUT2D eigenvalue weighted by Gasteiger charge is -2.18. The number of methoxy groups -OCH3 is 1. The molecule has 7 heteroatoms. The maximum Gasteiger partial charge on any atom is 0.305 e. The molecule has 7 nitrogen and oxygen atoms in total. The highest BCUT2D eigenvalue weighted by Crippen LogP contribution is 2.22. The van der Waals surface area contributed by atoms with E-state index in [9.17, 15) is 14.4 Å². The molecule has 24 heavy (non-hydrogen) atoms. The van der Waals surface area contributed by atoms with E-state index in [1.807, 2.05) is 0 Å². The predicted octanol–water partition coefficient (Wildman–Crippen LogP) is 1.64. The number of carbonyl (C=O) groups excluding carboxylic acids is 1. The van der Waals surface area contributed by atoms with Gasteiger partial charge in [-0.1, -0.05) is 12.1 Å². The second-order valence-electron chi connectivity index (χ2n) is 5.28. The van der Waals surface area contributed by atoms with Crippen molar-refractivity contribution in [2.24, 2.45) is 0 Å². The van der Waals surface area contributed by atoms with Crippen molar-refractivity contribution in [2.75, 3.05) is 7.11 Å². The van der Waals surface area contributed by atoms with Gasteiger partial charge in [-0.15, -0.1) is 0 Å². The normalized spacial score (nSPS) is 11.6. The number of benzene rings is 1. The summed E-state index contributed by atoms with van der Waals surface area (Å²) in [6.07, 6.45) is -0.317. The second-order valence-corrected chi connectivity index (χ2v) is 5.28. The number of pyridine rings is 1. The van der Waals surface area contributed by atoms with Crippen LogP contribution in [-0.4, -0.2) is 29.1 Å². The number of H-pyrrole nitrogens is 1. The van der Waals surface area contributed by atoms with Crippen LogP contribution in [0.25, 0.3) is 0 Å². The number of aliphatic carboxylic acids is 1. The molecule has 0 aliphatic carbocycles. The molecular formula is C17H18N2O5. The Labute approximate surface area is 138 Å². The molecule has 0 spiro atoms. The molecular weight excluding hydrogens is 312 g/mol. The predicted molar refractivity (Wildman–Crippen MR) is 87.3 cm³/mol. The average Bonchev–Trinajstić information content (AvgIpc) is 2.53. The number of aromatic nitrogens is 1. The fourth-order valence-electron chi connectivity index (χ4n) is 2.27. The van der Waals surface area contributed by atoms with E-state index in [1.54, 1.807) is 37.3 Å². The first-order valence-corrected chi connectivity index (χ1v) is 7.27. The van der Waals surface area contributed by atoms with Gasteiger partial charge in [0.15, 0.2) is 0 Å². The Hall–Kier alpha value is -3.09. The van der Waals surface area contributed by atoms with E-state index in [1.165, 1.54) is 13.2 Å². The molecule has 1 amide bonds. The van der Waals surface area contributed by atoms with E-state index in [4.69, 9.17) is 9.84 Å². The Morgan fingerprint density at radius 3 is 2.67 bits per heavy atom. The van der Waals surface area contributed by atoms with Crippen LogP contribution in [0, 0.1) is 6.92 Å². The van der Waals surface area contributed by atoms with Gasteiger partial charge in [0, 0.05) is 5.69 Å². The van der Waals surface area contributed by atoms with Gasteiger partial charge in [-0.05, 0) is 36.8 Å². The number of aryl methyl sites for hydroxylation is 1. The summed E-state index contributed by atoms with van der Waals surface area (Å²) >= 11 is 0. The molecule has 2 aromatic rings. The number of carboxylic acid groups (broad SMARTS) is 1. The fourth-order valence-corrected chi connectivity index (χ4v) is 2.27. The highest BCUT2D eigenvalue weighted by molar-refractivity contribution is 5.94. The molecule has 126 valence electrons. The Bertz CT molecular complexity index is 813. The fraction of sp³-hybridized carbons (Fsp3) is 0.235. The zero-order valence-electron chi connectivity index (χ0n) is 13.3. The molecule has 0 aliphatic rings. The lowest BCUT2D eigenvalue weighted by molar-refractivity contribution is -0.137. The molecule has 1 atom stereocenters. The van der Waals surface area contributed by atoms with E-state index < -0.39 is 23.5 Å². The minimum absolute atomic E-state index is 0.0705. The molecule has 1 heterocycles. The van der Waals surface area contributed by atoms with Gasteiger partial charge in [-0.2, -0.15) is 0 Å². The first-order valence-electron chi connectivity index (χ1n) is 7.27. The highest BCUT2D eigenvalue weighted by atomic mass is 16.5. The van der Waals surface area contributed by atoms with Crippen LogP contribution >= 0.6 is 0 Å². The molecule has 2 rings (SSSR count).